The van der Waals surface area contributed by atoms with Crippen LogP contribution in [0.2, 0.25) is 0 Å². The van der Waals surface area contributed by atoms with Crippen molar-refractivity contribution in [2.75, 3.05) is 13.7 Å². The molecule has 0 aliphatic carbocycles. The Bertz CT molecular complexity index is 291. The molecule has 0 fully saturated rings. The lowest BCUT2D eigenvalue weighted by molar-refractivity contribution is -0.140. The summed E-state index contributed by atoms with van der Waals surface area (Å²) in [6.45, 7) is 5.44. The highest BCUT2D eigenvalue weighted by Gasteiger charge is 2.09. The van der Waals surface area contributed by atoms with Crippen LogP contribution in [0.3, 0.4) is 0 Å². The number of unbranched alkanes of at least 4 members (excludes halogenated alkanes) is 11. The molecule has 0 heterocycles. The van der Waals surface area contributed by atoms with Crippen molar-refractivity contribution in [1.82, 2.24) is 0 Å². The molecule has 0 saturated carbocycles. The quantitative estimate of drug-likeness (QED) is 0.168. The maximum Gasteiger partial charge on any atom is 0.305 e. The Morgan fingerprint density at radius 1 is 0.692 bits per heavy atom. The number of ether oxygens (including phenoxy) is 2. The van der Waals surface area contributed by atoms with Crippen molar-refractivity contribution in [3.05, 3.63) is 0 Å². The second-order valence-corrected chi connectivity index (χ2v) is 7.64. The number of esters is 1. The summed E-state index contributed by atoms with van der Waals surface area (Å²) in [6.07, 6.45) is 21.3. The number of methoxy groups -OCH3 is 1. The summed E-state index contributed by atoms with van der Waals surface area (Å²) < 4.78 is 10.8. The number of hydrogen-bond donors (Lipinski definition) is 0. The van der Waals surface area contributed by atoms with E-state index >= 15 is 0 Å². The molecule has 3 nitrogen and oxygen atoms in total. The van der Waals surface area contributed by atoms with Gasteiger partial charge in [-0.25, -0.2) is 0 Å². The zero-order chi connectivity index (χ0) is 19.3. The molecule has 0 aromatic heterocycles. The van der Waals surface area contributed by atoms with Gasteiger partial charge in [0.25, 0.3) is 0 Å². The van der Waals surface area contributed by atoms with Crippen molar-refractivity contribution < 1.29 is 14.3 Å². The fourth-order valence-corrected chi connectivity index (χ4v) is 3.31. The first-order valence-corrected chi connectivity index (χ1v) is 11.4. The summed E-state index contributed by atoms with van der Waals surface area (Å²) in [7, 11) is 1.46. The lowest BCUT2D eigenvalue weighted by atomic mass is 10.0. The highest BCUT2D eigenvalue weighted by atomic mass is 16.5. The average Bonchev–Trinajstić information content (AvgIpc) is 2.65. The van der Waals surface area contributed by atoms with E-state index < -0.39 is 0 Å². The Hall–Kier alpha value is -0.570. The molecule has 26 heavy (non-hydrogen) atoms. The van der Waals surface area contributed by atoms with Gasteiger partial charge in [-0.2, -0.15) is 0 Å². The van der Waals surface area contributed by atoms with E-state index in [1.54, 1.807) is 0 Å². The van der Waals surface area contributed by atoms with E-state index in [0.29, 0.717) is 12.5 Å². The van der Waals surface area contributed by atoms with Crippen LogP contribution in [0.15, 0.2) is 0 Å². The molecular formula is C23H46O3. The Morgan fingerprint density at radius 3 is 1.73 bits per heavy atom. The van der Waals surface area contributed by atoms with E-state index in [4.69, 9.17) is 4.74 Å². The zero-order valence-electron chi connectivity index (χ0n) is 18.0. The minimum atomic E-state index is -0.0771. The summed E-state index contributed by atoms with van der Waals surface area (Å²) in [4.78, 5) is 11.1. The molecule has 3 heteroatoms. The topological polar surface area (TPSA) is 35.5 Å². The van der Waals surface area contributed by atoms with Gasteiger partial charge in [0.05, 0.1) is 13.2 Å². The number of hydrogen-bond acceptors (Lipinski definition) is 3. The molecule has 0 aliphatic rings. The van der Waals surface area contributed by atoms with Crippen molar-refractivity contribution in [2.24, 2.45) is 0 Å². The summed E-state index contributed by atoms with van der Waals surface area (Å²) in [5.41, 5.74) is 0. The van der Waals surface area contributed by atoms with Gasteiger partial charge in [0.15, 0.2) is 0 Å². The highest BCUT2D eigenvalue weighted by molar-refractivity contribution is 5.68. The van der Waals surface area contributed by atoms with Gasteiger partial charge in [-0.15, -0.1) is 0 Å². The van der Waals surface area contributed by atoms with Crippen LogP contribution in [-0.4, -0.2) is 25.8 Å². The summed E-state index contributed by atoms with van der Waals surface area (Å²) >= 11 is 0. The van der Waals surface area contributed by atoms with Gasteiger partial charge in [-0.3, -0.25) is 4.79 Å². The predicted molar refractivity (Wildman–Crippen MR) is 112 cm³/mol. The van der Waals surface area contributed by atoms with Gasteiger partial charge in [0.1, 0.15) is 0 Å². The van der Waals surface area contributed by atoms with E-state index in [1.807, 2.05) is 0 Å². The Morgan fingerprint density at radius 2 is 1.19 bits per heavy atom. The average molecular weight is 371 g/mol. The van der Waals surface area contributed by atoms with Crippen LogP contribution in [0.4, 0.5) is 0 Å². The summed E-state index contributed by atoms with van der Waals surface area (Å²) in [5.74, 6) is -0.0771. The van der Waals surface area contributed by atoms with Gasteiger partial charge in [-0.05, 0) is 25.7 Å². The SMILES string of the molecule is CCCCCCCCC(CCCCCCCCC(=O)OC)OCCCC. The van der Waals surface area contributed by atoms with Crippen LogP contribution in [0, 0.1) is 0 Å². The van der Waals surface area contributed by atoms with E-state index in [2.05, 4.69) is 18.6 Å². The minimum absolute atomic E-state index is 0.0771. The van der Waals surface area contributed by atoms with Gasteiger partial charge in [-0.1, -0.05) is 90.9 Å². The molecule has 0 bridgehead atoms. The van der Waals surface area contributed by atoms with Crippen molar-refractivity contribution in [3.63, 3.8) is 0 Å². The summed E-state index contributed by atoms with van der Waals surface area (Å²) in [6, 6.07) is 0. The molecule has 0 saturated heterocycles. The highest BCUT2D eigenvalue weighted by Crippen LogP contribution is 2.17. The van der Waals surface area contributed by atoms with Gasteiger partial charge < -0.3 is 9.47 Å². The maximum atomic E-state index is 11.1. The molecule has 156 valence electrons. The second kappa shape index (κ2) is 20.7. The molecule has 0 aromatic rings. The number of rotatable bonds is 20. The summed E-state index contributed by atoms with van der Waals surface area (Å²) in [5, 5.41) is 0. The normalized spacial score (nSPS) is 12.3. The molecule has 0 aromatic carbocycles. The van der Waals surface area contributed by atoms with Gasteiger partial charge in [0.2, 0.25) is 0 Å². The molecule has 1 atom stereocenters. The van der Waals surface area contributed by atoms with Crippen LogP contribution < -0.4 is 0 Å². The fourth-order valence-electron chi connectivity index (χ4n) is 3.31. The van der Waals surface area contributed by atoms with Crippen molar-refractivity contribution in [3.8, 4) is 0 Å². The largest absolute Gasteiger partial charge is 0.469 e. The molecule has 0 amide bonds. The molecule has 0 rings (SSSR count). The van der Waals surface area contributed by atoms with E-state index in [-0.39, 0.29) is 5.97 Å². The number of carbonyl (C=O) groups is 1. The third-order valence-electron chi connectivity index (χ3n) is 5.12. The van der Waals surface area contributed by atoms with E-state index in [0.717, 1.165) is 19.4 Å². The second-order valence-electron chi connectivity index (χ2n) is 7.64. The van der Waals surface area contributed by atoms with Crippen LogP contribution in [-0.2, 0) is 14.3 Å². The Labute approximate surface area is 163 Å². The third-order valence-corrected chi connectivity index (χ3v) is 5.12. The van der Waals surface area contributed by atoms with Crippen LogP contribution in [0.1, 0.15) is 123 Å². The van der Waals surface area contributed by atoms with Gasteiger partial charge in [0, 0.05) is 13.0 Å². The molecule has 0 radical (unpaired) electrons. The molecular weight excluding hydrogens is 324 g/mol. The Balaban J connectivity index is 3.67. The van der Waals surface area contributed by atoms with Crippen molar-refractivity contribution >= 4 is 5.97 Å². The predicted octanol–water partition coefficient (Wildman–Crippen LogP) is 7.22. The molecule has 0 aliphatic heterocycles. The monoisotopic (exact) mass is 370 g/mol. The lowest BCUT2D eigenvalue weighted by Crippen LogP contribution is -2.14. The van der Waals surface area contributed by atoms with Crippen LogP contribution in [0.25, 0.3) is 0 Å². The number of carbonyl (C=O) groups excluding carboxylic acids is 1. The fraction of sp³-hybridized carbons (Fsp3) is 0.957. The molecule has 0 N–H and O–H groups in total. The van der Waals surface area contributed by atoms with E-state index in [9.17, 15) is 4.79 Å². The standard InChI is InChI=1S/C23H46O3/c1-4-6-8-9-12-15-18-22(26-21-7-5-2)19-16-13-10-11-14-17-20-23(24)25-3/h22H,4-21H2,1-3H3. The smallest absolute Gasteiger partial charge is 0.305 e. The van der Waals surface area contributed by atoms with Crippen molar-refractivity contribution in [1.29, 1.82) is 0 Å². The third kappa shape index (κ3) is 18.2. The zero-order valence-corrected chi connectivity index (χ0v) is 18.0. The molecule has 0 spiro atoms. The van der Waals surface area contributed by atoms with E-state index in [1.165, 1.54) is 97.0 Å². The first-order valence-electron chi connectivity index (χ1n) is 11.4. The minimum Gasteiger partial charge on any atom is -0.469 e. The lowest BCUT2D eigenvalue weighted by Gasteiger charge is -2.18. The Kier molecular flexibility index (Phi) is 20.3. The first-order chi connectivity index (χ1) is 12.7. The molecule has 1 unspecified atom stereocenters. The van der Waals surface area contributed by atoms with Crippen LogP contribution in [0.5, 0.6) is 0 Å². The van der Waals surface area contributed by atoms with Crippen LogP contribution >= 0.6 is 0 Å². The van der Waals surface area contributed by atoms with Gasteiger partial charge >= 0.3 is 5.97 Å². The first kappa shape index (κ1) is 25.4. The van der Waals surface area contributed by atoms with Crippen molar-refractivity contribution in [2.45, 2.75) is 129 Å². The maximum absolute atomic E-state index is 11.1.